The van der Waals surface area contributed by atoms with Crippen LogP contribution in [0.3, 0.4) is 0 Å². The molecule has 0 heterocycles. The minimum Gasteiger partial charge on any atom is -0.103 e. The van der Waals surface area contributed by atoms with Gasteiger partial charge in [0.05, 0.1) is 0 Å². The second-order valence-electron chi connectivity index (χ2n) is 7.58. The predicted molar refractivity (Wildman–Crippen MR) is 108 cm³/mol. The molecule has 0 fully saturated rings. The minimum atomic E-state index is 0.737. The van der Waals surface area contributed by atoms with Crippen LogP contribution in [0.5, 0.6) is 0 Å². The molecule has 0 N–H and O–H groups in total. The lowest BCUT2D eigenvalue weighted by atomic mass is 9.88. The van der Waals surface area contributed by atoms with Crippen molar-refractivity contribution in [3.63, 3.8) is 0 Å². The maximum Gasteiger partial charge on any atom is -0.0169 e. The third kappa shape index (κ3) is 13.6. The molecule has 0 aromatic carbocycles. The van der Waals surface area contributed by atoms with Gasteiger partial charge in [-0.15, -0.1) is 6.58 Å². The summed E-state index contributed by atoms with van der Waals surface area (Å²) in [6.45, 7) is 13.0. The van der Waals surface area contributed by atoms with Crippen molar-refractivity contribution in [1.29, 1.82) is 0 Å². The maximum absolute atomic E-state index is 3.93. The van der Waals surface area contributed by atoms with Crippen LogP contribution in [0, 0.1) is 5.92 Å². The third-order valence-electron chi connectivity index (χ3n) is 5.26. The molecule has 0 aliphatic heterocycles. The van der Waals surface area contributed by atoms with Crippen LogP contribution in [0.25, 0.3) is 0 Å². The monoisotopic (exact) mass is 320 g/mol. The molecule has 0 aliphatic carbocycles. The van der Waals surface area contributed by atoms with E-state index >= 15 is 0 Å². The van der Waals surface area contributed by atoms with E-state index in [1.54, 1.807) is 5.57 Å². The summed E-state index contributed by atoms with van der Waals surface area (Å²) in [7, 11) is 0. The first-order chi connectivity index (χ1) is 11.1. The highest BCUT2D eigenvalue weighted by molar-refractivity contribution is 5.11. The number of rotatable bonds is 16. The minimum absolute atomic E-state index is 0.737. The van der Waals surface area contributed by atoms with Gasteiger partial charge in [-0.3, -0.25) is 0 Å². The van der Waals surface area contributed by atoms with Crippen LogP contribution >= 0.6 is 0 Å². The Hall–Kier alpha value is -0.520. The van der Waals surface area contributed by atoms with E-state index in [2.05, 4.69) is 40.3 Å². The fraction of sp³-hybridized carbons (Fsp3) is 0.826. The molecule has 136 valence electrons. The van der Waals surface area contributed by atoms with Crippen molar-refractivity contribution in [3.8, 4) is 0 Å². The molecule has 0 saturated carbocycles. The van der Waals surface area contributed by atoms with E-state index in [1.807, 2.05) is 0 Å². The fourth-order valence-electron chi connectivity index (χ4n) is 3.35. The molecule has 23 heavy (non-hydrogen) atoms. The first kappa shape index (κ1) is 22.5. The summed E-state index contributed by atoms with van der Waals surface area (Å²) in [6.07, 6.45) is 21.8. The molecular formula is C23H44. The standard InChI is InChI=1S/C23H44/c1-6-8-9-10-11-12-13-14-15-16-17-18-20-23(19-7-2)22(5)21(3)4/h7,23H,2,6,8-20H2,1,3-5H3. The van der Waals surface area contributed by atoms with Crippen molar-refractivity contribution in [2.45, 2.75) is 118 Å². The molecule has 0 bridgehead atoms. The Labute approximate surface area is 147 Å². The molecule has 0 rings (SSSR count). The zero-order valence-corrected chi connectivity index (χ0v) is 16.8. The molecule has 1 unspecified atom stereocenters. The molecule has 0 aliphatic rings. The molecule has 0 nitrogen and oxygen atoms in total. The normalized spacial score (nSPS) is 12.2. The van der Waals surface area contributed by atoms with Crippen molar-refractivity contribution in [2.24, 2.45) is 5.92 Å². The lowest BCUT2D eigenvalue weighted by molar-refractivity contribution is 0.495. The Balaban J connectivity index is 3.50. The first-order valence-corrected chi connectivity index (χ1v) is 10.4. The summed E-state index contributed by atoms with van der Waals surface area (Å²) < 4.78 is 0. The zero-order valence-electron chi connectivity index (χ0n) is 16.8. The van der Waals surface area contributed by atoms with Crippen LogP contribution in [0.15, 0.2) is 23.8 Å². The Morgan fingerprint density at radius 2 is 1.17 bits per heavy atom. The Bertz CT molecular complexity index is 293. The van der Waals surface area contributed by atoms with Gasteiger partial charge in [0.2, 0.25) is 0 Å². The summed E-state index contributed by atoms with van der Waals surface area (Å²) in [6, 6.07) is 0. The molecule has 1 atom stereocenters. The number of allylic oxidation sites excluding steroid dienone is 3. The van der Waals surface area contributed by atoms with Gasteiger partial charge in [0.1, 0.15) is 0 Å². The summed E-state index contributed by atoms with van der Waals surface area (Å²) >= 11 is 0. The Morgan fingerprint density at radius 1 is 0.739 bits per heavy atom. The lowest BCUT2D eigenvalue weighted by Crippen LogP contribution is -2.02. The van der Waals surface area contributed by atoms with Crippen molar-refractivity contribution in [2.75, 3.05) is 0 Å². The van der Waals surface area contributed by atoms with Crippen LogP contribution in [0.4, 0.5) is 0 Å². The SMILES string of the molecule is C=CCC(CCCCCCCCCCCCCC)C(C)=C(C)C. The lowest BCUT2D eigenvalue weighted by Gasteiger charge is -2.17. The van der Waals surface area contributed by atoms with E-state index < -0.39 is 0 Å². The average molecular weight is 321 g/mol. The molecule has 0 aromatic rings. The van der Waals surface area contributed by atoms with E-state index in [4.69, 9.17) is 0 Å². The van der Waals surface area contributed by atoms with Gasteiger partial charge in [0, 0.05) is 0 Å². The van der Waals surface area contributed by atoms with Crippen molar-refractivity contribution < 1.29 is 0 Å². The molecule has 0 amide bonds. The largest absolute Gasteiger partial charge is 0.103 e. The van der Waals surface area contributed by atoms with Gasteiger partial charge in [-0.1, -0.05) is 101 Å². The van der Waals surface area contributed by atoms with E-state index in [1.165, 1.54) is 89.0 Å². The highest BCUT2D eigenvalue weighted by Crippen LogP contribution is 2.25. The van der Waals surface area contributed by atoms with E-state index in [0.29, 0.717) is 0 Å². The number of unbranched alkanes of at least 4 members (excludes halogenated alkanes) is 11. The zero-order chi connectivity index (χ0) is 17.3. The Morgan fingerprint density at radius 3 is 1.57 bits per heavy atom. The summed E-state index contributed by atoms with van der Waals surface area (Å²) in [4.78, 5) is 0. The predicted octanol–water partition coefficient (Wildman–Crippen LogP) is 8.63. The molecule has 0 spiro atoms. The summed E-state index contributed by atoms with van der Waals surface area (Å²) in [5, 5.41) is 0. The fourth-order valence-corrected chi connectivity index (χ4v) is 3.35. The molecule has 0 heteroatoms. The van der Waals surface area contributed by atoms with Crippen molar-refractivity contribution in [3.05, 3.63) is 23.8 Å². The van der Waals surface area contributed by atoms with Gasteiger partial charge in [0.15, 0.2) is 0 Å². The average Bonchev–Trinajstić information content (AvgIpc) is 2.54. The first-order valence-electron chi connectivity index (χ1n) is 10.4. The quantitative estimate of drug-likeness (QED) is 0.197. The maximum atomic E-state index is 3.93. The van der Waals surface area contributed by atoms with Gasteiger partial charge in [-0.05, 0) is 39.5 Å². The van der Waals surface area contributed by atoms with Gasteiger partial charge < -0.3 is 0 Å². The van der Waals surface area contributed by atoms with Crippen molar-refractivity contribution >= 4 is 0 Å². The molecular weight excluding hydrogens is 276 g/mol. The van der Waals surface area contributed by atoms with Gasteiger partial charge >= 0.3 is 0 Å². The second kappa shape index (κ2) is 16.3. The molecule has 0 saturated heterocycles. The van der Waals surface area contributed by atoms with E-state index in [-0.39, 0.29) is 0 Å². The summed E-state index contributed by atoms with van der Waals surface area (Å²) in [5.41, 5.74) is 3.09. The smallest absolute Gasteiger partial charge is 0.0169 e. The number of hydrogen-bond acceptors (Lipinski definition) is 0. The van der Waals surface area contributed by atoms with Crippen LogP contribution < -0.4 is 0 Å². The number of hydrogen-bond donors (Lipinski definition) is 0. The van der Waals surface area contributed by atoms with Gasteiger partial charge in [0.25, 0.3) is 0 Å². The molecule has 0 aromatic heterocycles. The van der Waals surface area contributed by atoms with Crippen LogP contribution in [-0.2, 0) is 0 Å². The highest BCUT2D eigenvalue weighted by Gasteiger charge is 2.09. The van der Waals surface area contributed by atoms with Gasteiger partial charge in [-0.25, -0.2) is 0 Å². The van der Waals surface area contributed by atoms with E-state index in [0.717, 1.165) is 12.3 Å². The van der Waals surface area contributed by atoms with Crippen LogP contribution in [0.2, 0.25) is 0 Å². The van der Waals surface area contributed by atoms with E-state index in [9.17, 15) is 0 Å². The summed E-state index contributed by atoms with van der Waals surface area (Å²) in [5.74, 6) is 0.737. The van der Waals surface area contributed by atoms with Crippen molar-refractivity contribution in [1.82, 2.24) is 0 Å². The third-order valence-corrected chi connectivity index (χ3v) is 5.26. The van der Waals surface area contributed by atoms with Crippen LogP contribution in [0.1, 0.15) is 118 Å². The second-order valence-corrected chi connectivity index (χ2v) is 7.58. The molecule has 0 radical (unpaired) electrons. The highest BCUT2D eigenvalue weighted by atomic mass is 14.1. The van der Waals surface area contributed by atoms with Crippen LogP contribution in [-0.4, -0.2) is 0 Å². The Kier molecular flexibility index (Phi) is 16.0. The van der Waals surface area contributed by atoms with Gasteiger partial charge in [-0.2, -0.15) is 0 Å². The topological polar surface area (TPSA) is 0 Å².